The van der Waals surface area contributed by atoms with Crippen LogP contribution in [0.4, 0.5) is 0 Å². The first-order chi connectivity index (χ1) is 6.82. The number of rotatable bonds is 3. The second kappa shape index (κ2) is 4.21. The van der Waals surface area contributed by atoms with E-state index >= 15 is 0 Å². The van der Waals surface area contributed by atoms with Gasteiger partial charge in [0.05, 0.1) is 17.6 Å². The Kier molecular flexibility index (Phi) is 3.38. The first-order valence-corrected chi connectivity index (χ1v) is 5.91. The largest absolute Gasteiger partial charge is 0.385 e. The second-order valence-electron chi connectivity index (χ2n) is 3.32. The average molecular weight is 231 g/mol. The smallest absolute Gasteiger partial charge is 0.214 e. The van der Waals surface area contributed by atoms with Gasteiger partial charge >= 0.3 is 0 Å². The molecule has 2 atom stereocenters. The van der Waals surface area contributed by atoms with Crippen molar-refractivity contribution in [1.29, 1.82) is 0 Å². The van der Waals surface area contributed by atoms with Gasteiger partial charge in [0, 0.05) is 6.20 Å². The fourth-order valence-electron chi connectivity index (χ4n) is 0.975. The summed E-state index contributed by atoms with van der Waals surface area (Å²) < 4.78 is 22.0. The molecule has 0 amide bonds. The summed E-state index contributed by atoms with van der Waals surface area (Å²) in [6, 6.07) is 0. The molecule has 1 aromatic rings. The van der Waals surface area contributed by atoms with E-state index in [0.717, 1.165) is 0 Å². The Balaban J connectivity index is 2.95. The highest BCUT2D eigenvalue weighted by Gasteiger charge is 2.27. The molecule has 7 heteroatoms. The summed E-state index contributed by atoms with van der Waals surface area (Å²) in [5.74, 6) is 0. The van der Waals surface area contributed by atoms with E-state index in [1.165, 1.54) is 19.3 Å². The van der Waals surface area contributed by atoms with Crippen LogP contribution in [0, 0.1) is 6.92 Å². The molecule has 0 saturated heterocycles. The summed E-state index contributed by atoms with van der Waals surface area (Å²) >= 11 is 0. The molecule has 6 nitrogen and oxygen atoms in total. The lowest BCUT2D eigenvalue weighted by Crippen LogP contribution is -2.31. The summed E-state index contributed by atoms with van der Waals surface area (Å²) in [4.78, 5) is 7.79. The van der Waals surface area contributed by atoms with Gasteiger partial charge in [-0.2, -0.15) is 0 Å². The van der Waals surface area contributed by atoms with E-state index in [0.29, 0.717) is 5.69 Å². The molecule has 0 saturated carbocycles. The van der Waals surface area contributed by atoms with Crippen LogP contribution >= 0.6 is 0 Å². The second-order valence-corrected chi connectivity index (χ2v) is 5.24. The summed E-state index contributed by atoms with van der Waals surface area (Å²) in [6.07, 6.45) is 1.53. The van der Waals surface area contributed by atoms with Gasteiger partial charge in [-0.3, -0.25) is 9.97 Å². The van der Waals surface area contributed by atoms with Crippen molar-refractivity contribution in [2.45, 2.75) is 25.2 Å². The average Bonchev–Trinajstić information content (AvgIpc) is 2.15. The number of sulfonamides is 1. The Morgan fingerprint density at radius 1 is 1.40 bits per heavy atom. The van der Waals surface area contributed by atoms with Crippen LogP contribution in [-0.4, -0.2) is 28.7 Å². The lowest BCUT2D eigenvalue weighted by atomic mass is 10.2. The highest BCUT2D eigenvalue weighted by Crippen LogP contribution is 2.17. The molecule has 0 spiro atoms. The summed E-state index contributed by atoms with van der Waals surface area (Å²) in [6.45, 7) is 3.06. The minimum Gasteiger partial charge on any atom is -0.385 e. The molecule has 0 aliphatic rings. The quantitative estimate of drug-likeness (QED) is 0.729. The van der Waals surface area contributed by atoms with Crippen molar-refractivity contribution < 1.29 is 13.5 Å². The molecule has 0 aliphatic heterocycles. The van der Waals surface area contributed by atoms with Crippen LogP contribution in [0.2, 0.25) is 0 Å². The molecular formula is C8H13N3O3S. The van der Waals surface area contributed by atoms with E-state index in [9.17, 15) is 13.5 Å². The Morgan fingerprint density at radius 2 is 2.00 bits per heavy atom. The van der Waals surface area contributed by atoms with Gasteiger partial charge in [0.15, 0.2) is 0 Å². The maximum atomic E-state index is 11.0. The van der Waals surface area contributed by atoms with Crippen molar-refractivity contribution >= 4 is 10.0 Å². The predicted molar refractivity (Wildman–Crippen MR) is 54.3 cm³/mol. The lowest BCUT2D eigenvalue weighted by molar-refractivity contribution is 0.170. The van der Waals surface area contributed by atoms with Crippen LogP contribution in [0.15, 0.2) is 12.4 Å². The summed E-state index contributed by atoms with van der Waals surface area (Å²) in [7, 11) is -3.78. The van der Waals surface area contributed by atoms with Gasteiger partial charge in [-0.1, -0.05) is 0 Å². The van der Waals surface area contributed by atoms with E-state index in [1.807, 2.05) is 0 Å². The number of nitrogens with zero attached hydrogens (tertiary/aromatic N) is 2. The van der Waals surface area contributed by atoms with Gasteiger partial charge in [0.25, 0.3) is 0 Å². The van der Waals surface area contributed by atoms with E-state index in [2.05, 4.69) is 9.97 Å². The van der Waals surface area contributed by atoms with Gasteiger partial charge in [-0.05, 0) is 13.8 Å². The highest BCUT2D eigenvalue weighted by molar-refractivity contribution is 7.89. The van der Waals surface area contributed by atoms with Gasteiger partial charge in [-0.25, -0.2) is 13.6 Å². The molecular weight excluding hydrogens is 218 g/mol. The SMILES string of the molecule is Cc1cnc([C@@H](O)[C@@H](C)S(N)(=O)=O)cn1. The monoisotopic (exact) mass is 231 g/mol. The molecule has 0 bridgehead atoms. The minimum atomic E-state index is -3.78. The molecule has 3 N–H and O–H groups in total. The first kappa shape index (κ1) is 12.0. The fourth-order valence-corrected chi connectivity index (χ4v) is 1.47. The predicted octanol–water partition coefficient (Wildman–Crippen LogP) is -0.505. The van der Waals surface area contributed by atoms with E-state index in [4.69, 9.17) is 5.14 Å². The molecule has 0 unspecified atom stereocenters. The number of hydrogen-bond acceptors (Lipinski definition) is 5. The van der Waals surface area contributed by atoms with Crippen LogP contribution in [0.25, 0.3) is 0 Å². The third-order valence-corrected chi connectivity index (χ3v) is 3.36. The van der Waals surface area contributed by atoms with E-state index < -0.39 is 21.4 Å². The van der Waals surface area contributed by atoms with Crippen molar-refractivity contribution in [2.24, 2.45) is 5.14 Å². The topological polar surface area (TPSA) is 106 Å². The van der Waals surface area contributed by atoms with Crippen LogP contribution in [-0.2, 0) is 10.0 Å². The van der Waals surface area contributed by atoms with Gasteiger partial charge in [0.1, 0.15) is 11.4 Å². The molecule has 1 aromatic heterocycles. The van der Waals surface area contributed by atoms with E-state index in [-0.39, 0.29) is 5.69 Å². The van der Waals surface area contributed by atoms with Crippen molar-refractivity contribution in [1.82, 2.24) is 9.97 Å². The maximum Gasteiger partial charge on any atom is 0.214 e. The Morgan fingerprint density at radius 3 is 2.40 bits per heavy atom. The first-order valence-electron chi connectivity index (χ1n) is 4.30. The molecule has 0 radical (unpaired) electrons. The zero-order valence-corrected chi connectivity index (χ0v) is 9.27. The Bertz CT molecular complexity index is 429. The van der Waals surface area contributed by atoms with Gasteiger partial charge < -0.3 is 5.11 Å². The van der Waals surface area contributed by atoms with Crippen molar-refractivity contribution in [3.05, 3.63) is 23.8 Å². The molecule has 0 aromatic carbocycles. The van der Waals surface area contributed by atoms with Crippen LogP contribution in [0.1, 0.15) is 24.4 Å². The van der Waals surface area contributed by atoms with E-state index in [1.54, 1.807) is 6.92 Å². The number of primary sulfonamides is 1. The zero-order chi connectivity index (χ0) is 11.6. The number of aliphatic hydroxyl groups is 1. The minimum absolute atomic E-state index is 0.196. The van der Waals surface area contributed by atoms with Gasteiger partial charge in [-0.15, -0.1) is 0 Å². The highest BCUT2D eigenvalue weighted by atomic mass is 32.2. The number of hydrogen-bond donors (Lipinski definition) is 2. The normalized spacial score (nSPS) is 16.0. The van der Waals surface area contributed by atoms with Crippen molar-refractivity contribution in [3.63, 3.8) is 0 Å². The molecule has 15 heavy (non-hydrogen) atoms. The molecule has 1 rings (SSSR count). The molecule has 84 valence electrons. The van der Waals surface area contributed by atoms with Gasteiger partial charge in [0.2, 0.25) is 10.0 Å². The van der Waals surface area contributed by atoms with Crippen LogP contribution in [0.5, 0.6) is 0 Å². The summed E-state index contributed by atoms with van der Waals surface area (Å²) in [5, 5.41) is 13.5. The Labute approximate surface area is 88.2 Å². The number of aromatic nitrogens is 2. The Hall–Kier alpha value is -1.05. The third kappa shape index (κ3) is 2.95. The third-order valence-electron chi connectivity index (χ3n) is 2.07. The number of aryl methyl sites for hydroxylation is 1. The molecule has 1 heterocycles. The summed E-state index contributed by atoms with van der Waals surface area (Å²) in [5.41, 5.74) is 0.885. The lowest BCUT2D eigenvalue weighted by Gasteiger charge is -2.15. The number of aliphatic hydroxyl groups excluding tert-OH is 1. The van der Waals surface area contributed by atoms with Crippen LogP contribution < -0.4 is 5.14 Å². The zero-order valence-electron chi connectivity index (χ0n) is 8.45. The van der Waals surface area contributed by atoms with Crippen molar-refractivity contribution in [3.8, 4) is 0 Å². The van der Waals surface area contributed by atoms with Crippen molar-refractivity contribution in [2.75, 3.05) is 0 Å². The fraction of sp³-hybridized carbons (Fsp3) is 0.500. The molecule has 0 aliphatic carbocycles. The molecule has 0 fully saturated rings. The standard InChI is InChI=1S/C8H13N3O3S/c1-5-3-11-7(4-10-5)8(12)6(2)15(9,13)14/h3-4,6,8,12H,1-2H3,(H2,9,13,14)/t6-,8+/m1/s1. The maximum absolute atomic E-state index is 11.0. The number of nitrogens with two attached hydrogens (primary N) is 1. The van der Waals surface area contributed by atoms with Crippen LogP contribution in [0.3, 0.4) is 0 Å².